The predicted octanol–water partition coefficient (Wildman–Crippen LogP) is 2.69. The van der Waals surface area contributed by atoms with E-state index in [-0.39, 0.29) is 24.6 Å². The summed E-state index contributed by atoms with van der Waals surface area (Å²) in [5.74, 6) is 0.297. The number of halogens is 1. The first-order valence-electron chi connectivity index (χ1n) is 8.50. The number of piperazine rings is 1. The highest BCUT2D eigenvalue weighted by Crippen LogP contribution is 2.19. The molecule has 1 atom stereocenters. The molecule has 0 radical (unpaired) electrons. The number of nitrogens with zero attached hydrogens (tertiary/aromatic N) is 3. The van der Waals surface area contributed by atoms with Crippen LogP contribution in [0.25, 0.3) is 0 Å². The van der Waals surface area contributed by atoms with Crippen LogP contribution in [-0.4, -0.2) is 55.4 Å². The van der Waals surface area contributed by atoms with Gasteiger partial charge in [0.15, 0.2) is 0 Å². The Morgan fingerprint density at radius 2 is 2.04 bits per heavy atom. The Morgan fingerprint density at radius 1 is 1.23 bits per heavy atom. The van der Waals surface area contributed by atoms with Crippen LogP contribution in [0.5, 0.6) is 0 Å². The minimum atomic E-state index is -0.375. The minimum absolute atomic E-state index is 0.0732. The van der Waals surface area contributed by atoms with Gasteiger partial charge in [-0.3, -0.25) is 0 Å². The quantitative estimate of drug-likeness (QED) is 0.822. The van der Waals surface area contributed by atoms with Crippen molar-refractivity contribution in [3.8, 4) is 0 Å². The Balaban J connectivity index is 1.61. The van der Waals surface area contributed by atoms with Gasteiger partial charge in [-0.05, 0) is 17.7 Å². The molecule has 1 aliphatic rings. The molecule has 1 saturated heterocycles. The summed E-state index contributed by atoms with van der Waals surface area (Å²) in [7, 11) is 1.61. The van der Waals surface area contributed by atoms with E-state index in [4.69, 9.17) is 9.47 Å². The predicted molar refractivity (Wildman–Crippen MR) is 95.4 cm³/mol. The van der Waals surface area contributed by atoms with Crippen LogP contribution in [-0.2, 0) is 16.1 Å². The van der Waals surface area contributed by atoms with Gasteiger partial charge in [-0.25, -0.2) is 14.2 Å². The number of benzene rings is 1. The molecule has 1 aromatic heterocycles. The number of hydrogen-bond acceptors (Lipinski definition) is 5. The van der Waals surface area contributed by atoms with Gasteiger partial charge in [0.25, 0.3) is 0 Å². The molecule has 0 unspecified atom stereocenters. The van der Waals surface area contributed by atoms with Gasteiger partial charge in [-0.1, -0.05) is 30.3 Å². The number of rotatable bonds is 5. The summed E-state index contributed by atoms with van der Waals surface area (Å²) in [5.41, 5.74) is 0.948. The van der Waals surface area contributed by atoms with E-state index in [2.05, 4.69) is 4.98 Å². The monoisotopic (exact) mass is 359 g/mol. The molecule has 1 fully saturated rings. The molecule has 2 aromatic rings. The number of amides is 1. The highest BCUT2D eigenvalue weighted by molar-refractivity contribution is 5.68. The van der Waals surface area contributed by atoms with Crippen molar-refractivity contribution in [1.29, 1.82) is 0 Å². The number of anilines is 1. The Hall–Kier alpha value is -2.67. The zero-order valence-electron chi connectivity index (χ0n) is 14.7. The smallest absolute Gasteiger partial charge is 0.410 e. The van der Waals surface area contributed by atoms with Crippen LogP contribution in [0.4, 0.5) is 15.0 Å². The average molecular weight is 359 g/mol. The van der Waals surface area contributed by atoms with E-state index in [1.807, 2.05) is 35.2 Å². The fourth-order valence-corrected chi connectivity index (χ4v) is 3.01. The van der Waals surface area contributed by atoms with Crippen LogP contribution in [0.15, 0.2) is 48.7 Å². The number of carbonyl (C=O) groups is 1. The average Bonchev–Trinajstić information content (AvgIpc) is 2.68. The molecular weight excluding hydrogens is 337 g/mol. The minimum Gasteiger partial charge on any atom is -0.445 e. The maximum Gasteiger partial charge on any atom is 0.410 e. The van der Waals surface area contributed by atoms with Crippen molar-refractivity contribution in [2.24, 2.45) is 0 Å². The Bertz CT molecular complexity index is 712. The van der Waals surface area contributed by atoms with Gasteiger partial charge < -0.3 is 19.3 Å². The largest absolute Gasteiger partial charge is 0.445 e. The van der Waals surface area contributed by atoms with Crippen LogP contribution >= 0.6 is 0 Å². The van der Waals surface area contributed by atoms with Crippen LogP contribution in [0.3, 0.4) is 0 Å². The molecule has 3 rings (SSSR count). The number of carbonyl (C=O) groups excluding carboxylic acids is 1. The number of hydrogen-bond donors (Lipinski definition) is 0. The van der Waals surface area contributed by atoms with Gasteiger partial charge in [-0.2, -0.15) is 0 Å². The molecule has 1 aliphatic heterocycles. The second-order valence-corrected chi connectivity index (χ2v) is 6.12. The number of aromatic nitrogens is 1. The first-order valence-corrected chi connectivity index (χ1v) is 8.50. The highest BCUT2D eigenvalue weighted by atomic mass is 19.1. The van der Waals surface area contributed by atoms with E-state index in [0.29, 0.717) is 32.1 Å². The SMILES string of the molecule is COC[C@H]1CN(C(=O)OCc2ccccc2)CCN1c1ccc(F)cn1. The van der Waals surface area contributed by atoms with Crippen LogP contribution < -0.4 is 4.90 Å². The summed E-state index contributed by atoms with van der Waals surface area (Å²) < 4.78 is 23.8. The normalized spacial score (nSPS) is 17.2. The van der Waals surface area contributed by atoms with Crippen molar-refractivity contribution in [3.63, 3.8) is 0 Å². The number of pyridine rings is 1. The van der Waals surface area contributed by atoms with Gasteiger partial charge in [0.1, 0.15) is 18.2 Å². The Kier molecular flexibility index (Phi) is 6.01. The third kappa shape index (κ3) is 4.49. The fraction of sp³-hybridized carbons (Fsp3) is 0.368. The summed E-state index contributed by atoms with van der Waals surface area (Å²) >= 11 is 0. The lowest BCUT2D eigenvalue weighted by molar-refractivity contribution is 0.0787. The Labute approximate surface area is 152 Å². The molecule has 7 heteroatoms. The maximum absolute atomic E-state index is 13.1. The first-order chi connectivity index (χ1) is 12.7. The van der Waals surface area contributed by atoms with Gasteiger partial charge in [0.05, 0.1) is 18.8 Å². The lowest BCUT2D eigenvalue weighted by Crippen LogP contribution is -2.56. The third-order valence-corrected chi connectivity index (χ3v) is 4.31. The standard InChI is InChI=1S/C19H22FN3O3/c1-25-14-17-12-22(19(24)26-13-15-5-3-2-4-6-15)9-10-23(17)18-8-7-16(20)11-21-18/h2-8,11,17H,9-10,12-14H2,1H3/t17-/m1/s1. The van der Waals surface area contributed by atoms with E-state index in [1.54, 1.807) is 18.1 Å². The third-order valence-electron chi connectivity index (χ3n) is 4.31. The molecule has 0 aliphatic carbocycles. The summed E-state index contributed by atoms with van der Waals surface area (Å²) in [6.45, 7) is 2.22. The lowest BCUT2D eigenvalue weighted by atomic mass is 10.1. The van der Waals surface area contributed by atoms with Crippen molar-refractivity contribution in [3.05, 3.63) is 60.0 Å². The topological polar surface area (TPSA) is 54.9 Å². The fourth-order valence-electron chi connectivity index (χ4n) is 3.01. The van der Waals surface area contributed by atoms with E-state index >= 15 is 0 Å². The molecule has 0 bridgehead atoms. The van der Waals surface area contributed by atoms with Crippen molar-refractivity contribution in [2.45, 2.75) is 12.6 Å². The Morgan fingerprint density at radius 3 is 2.73 bits per heavy atom. The van der Waals surface area contributed by atoms with Crippen LogP contribution in [0, 0.1) is 5.82 Å². The van der Waals surface area contributed by atoms with Gasteiger partial charge >= 0.3 is 6.09 Å². The maximum atomic E-state index is 13.1. The molecule has 6 nitrogen and oxygen atoms in total. The molecule has 2 heterocycles. The van der Waals surface area contributed by atoms with E-state index in [1.165, 1.54) is 12.3 Å². The first kappa shape index (κ1) is 18.1. The summed E-state index contributed by atoms with van der Waals surface area (Å²) in [6, 6.07) is 12.5. The second-order valence-electron chi connectivity index (χ2n) is 6.12. The molecule has 0 spiro atoms. The summed E-state index contributed by atoms with van der Waals surface area (Å²) in [6.07, 6.45) is 0.848. The molecule has 138 valence electrons. The highest BCUT2D eigenvalue weighted by Gasteiger charge is 2.31. The lowest BCUT2D eigenvalue weighted by Gasteiger charge is -2.41. The molecular formula is C19H22FN3O3. The molecule has 0 N–H and O–H groups in total. The number of methoxy groups -OCH3 is 1. The van der Waals surface area contributed by atoms with Gasteiger partial charge in [-0.15, -0.1) is 0 Å². The second kappa shape index (κ2) is 8.62. The van der Waals surface area contributed by atoms with Gasteiger partial charge in [0, 0.05) is 26.7 Å². The van der Waals surface area contributed by atoms with E-state index < -0.39 is 0 Å². The van der Waals surface area contributed by atoms with Gasteiger partial charge in [0.2, 0.25) is 0 Å². The molecule has 1 aromatic carbocycles. The molecule has 26 heavy (non-hydrogen) atoms. The van der Waals surface area contributed by atoms with Crippen molar-refractivity contribution in [2.75, 3.05) is 38.3 Å². The van der Waals surface area contributed by atoms with E-state index in [0.717, 1.165) is 5.56 Å². The summed E-state index contributed by atoms with van der Waals surface area (Å²) in [5, 5.41) is 0. The summed E-state index contributed by atoms with van der Waals surface area (Å²) in [4.78, 5) is 20.2. The zero-order chi connectivity index (χ0) is 18.4. The van der Waals surface area contributed by atoms with Crippen LogP contribution in [0.2, 0.25) is 0 Å². The zero-order valence-corrected chi connectivity index (χ0v) is 14.7. The van der Waals surface area contributed by atoms with Crippen molar-refractivity contribution in [1.82, 2.24) is 9.88 Å². The molecule has 1 amide bonds. The molecule has 0 saturated carbocycles. The van der Waals surface area contributed by atoms with Crippen LogP contribution in [0.1, 0.15) is 5.56 Å². The van der Waals surface area contributed by atoms with Crippen molar-refractivity contribution >= 4 is 11.9 Å². The number of ether oxygens (including phenoxy) is 2. The van der Waals surface area contributed by atoms with Crippen molar-refractivity contribution < 1.29 is 18.7 Å². The van der Waals surface area contributed by atoms with E-state index in [9.17, 15) is 9.18 Å².